The molecule has 0 fully saturated rings. The van der Waals surface area contributed by atoms with Crippen LogP contribution < -0.4 is 37.2 Å². The second-order valence-electron chi connectivity index (χ2n) is 18.4. The van der Waals surface area contributed by atoms with E-state index in [4.69, 9.17) is 4.74 Å². The predicted octanol–water partition coefficient (Wildman–Crippen LogP) is 4.95. The first kappa shape index (κ1) is 52.9. The van der Waals surface area contributed by atoms with Gasteiger partial charge in [-0.3, -0.25) is 28.8 Å². The summed E-state index contributed by atoms with van der Waals surface area (Å²) in [6.45, 7) is 5.24. The number of anilines is 1. The highest BCUT2D eigenvalue weighted by Gasteiger charge is 2.35. The van der Waals surface area contributed by atoms with Crippen molar-refractivity contribution in [3.8, 4) is 11.1 Å². The van der Waals surface area contributed by atoms with Gasteiger partial charge < -0.3 is 47.1 Å². The molecule has 3 aliphatic heterocycles. The molecule has 8 N–H and O–H groups in total. The quantitative estimate of drug-likeness (QED) is 0.0658. The minimum absolute atomic E-state index is 0.0243. The van der Waals surface area contributed by atoms with Crippen molar-refractivity contribution in [2.24, 2.45) is 0 Å². The zero-order valence-corrected chi connectivity index (χ0v) is 40.7. The van der Waals surface area contributed by atoms with Gasteiger partial charge in [0.25, 0.3) is 0 Å². The van der Waals surface area contributed by atoms with E-state index < -0.39 is 89.7 Å². The highest BCUT2D eigenvalue weighted by molar-refractivity contribution is 8.03. The van der Waals surface area contributed by atoms with Crippen molar-refractivity contribution in [2.45, 2.75) is 113 Å². The van der Waals surface area contributed by atoms with Crippen molar-refractivity contribution in [3.05, 3.63) is 137 Å². The molecule has 6 atom stereocenters. The van der Waals surface area contributed by atoms with E-state index in [1.165, 1.54) is 23.9 Å². The maximum absolute atomic E-state index is 14.7. The molecule has 3 heterocycles. The Morgan fingerprint density at radius 2 is 1.27 bits per heavy atom. The predicted molar refractivity (Wildman–Crippen MR) is 270 cm³/mol. The number of alkyl carbamates (subject to hydrolysis) is 1. The lowest BCUT2D eigenvalue weighted by Gasteiger charge is -2.28. The molecule has 7 rings (SSSR count). The summed E-state index contributed by atoms with van der Waals surface area (Å²) in [5.74, 6) is -5.70. The second-order valence-corrected chi connectivity index (χ2v) is 19.7. The van der Waals surface area contributed by atoms with Crippen LogP contribution >= 0.6 is 11.8 Å². The Bertz CT molecular complexity index is 2530. The van der Waals surface area contributed by atoms with Gasteiger partial charge in [-0.15, -0.1) is 11.8 Å². The van der Waals surface area contributed by atoms with Crippen molar-refractivity contribution in [1.29, 1.82) is 0 Å². The van der Waals surface area contributed by atoms with Gasteiger partial charge in [0.1, 0.15) is 35.8 Å². The second kappa shape index (κ2) is 25.4. The fraction of sp³-hybridized carbons (Fsp3) is 0.358. The van der Waals surface area contributed by atoms with Crippen LogP contribution in [0.25, 0.3) is 11.1 Å². The molecule has 0 aromatic heterocycles. The maximum atomic E-state index is 14.7. The fourth-order valence-electron chi connectivity index (χ4n) is 7.92. The molecule has 0 aliphatic carbocycles. The van der Waals surface area contributed by atoms with Crippen LogP contribution in [0.2, 0.25) is 0 Å². The molecule has 0 radical (unpaired) electrons. The molecule has 7 amide bonds. The van der Waals surface area contributed by atoms with Crippen LogP contribution in [0.5, 0.6) is 0 Å². The molecule has 374 valence electrons. The molecular formula is C53H61N7O10S. The number of amides is 7. The van der Waals surface area contributed by atoms with E-state index in [2.05, 4.69) is 37.2 Å². The third-order valence-corrected chi connectivity index (χ3v) is 12.6. The number of carbonyl (C=O) groups excluding carboxylic acids is 7. The lowest BCUT2D eigenvalue weighted by molar-refractivity contribution is -0.142. The Kier molecular flexibility index (Phi) is 18.9. The highest BCUT2D eigenvalue weighted by Crippen LogP contribution is 2.28. The van der Waals surface area contributed by atoms with Crippen LogP contribution in [0.3, 0.4) is 0 Å². The average Bonchev–Trinajstić information content (AvgIpc) is 3.85. The molecule has 1 unspecified atom stereocenters. The van der Waals surface area contributed by atoms with Gasteiger partial charge in [0, 0.05) is 43.2 Å². The third-order valence-electron chi connectivity index (χ3n) is 11.5. The van der Waals surface area contributed by atoms with Crippen LogP contribution in [0.4, 0.5) is 10.5 Å². The number of allylic oxidation sites excluding steroid dienone is 1. The van der Waals surface area contributed by atoms with Crippen LogP contribution in [0.15, 0.2) is 121 Å². The summed E-state index contributed by atoms with van der Waals surface area (Å²) in [5, 5.41) is 31.0. The Hall–Kier alpha value is -7.47. The van der Waals surface area contributed by atoms with Crippen LogP contribution in [0.1, 0.15) is 69.6 Å². The number of nitrogens with one attached hydrogen (secondary N) is 7. The summed E-state index contributed by atoms with van der Waals surface area (Å²) < 4.78 is 5.25. The molecule has 2 bridgehead atoms. The fourth-order valence-corrected chi connectivity index (χ4v) is 8.89. The first-order valence-corrected chi connectivity index (χ1v) is 24.5. The number of carboxylic acid groups (broad SMARTS) is 1. The Morgan fingerprint density at radius 3 is 1.87 bits per heavy atom. The van der Waals surface area contributed by atoms with E-state index in [-0.39, 0.29) is 50.3 Å². The van der Waals surface area contributed by atoms with E-state index in [0.717, 1.165) is 11.1 Å². The third kappa shape index (κ3) is 17.2. The first-order valence-electron chi connectivity index (χ1n) is 23.6. The number of carbonyl (C=O) groups is 8. The molecule has 18 heteroatoms. The zero-order valence-electron chi connectivity index (χ0n) is 39.9. The van der Waals surface area contributed by atoms with Gasteiger partial charge in [0.05, 0.1) is 6.42 Å². The van der Waals surface area contributed by atoms with Gasteiger partial charge in [-0.1, -0.05) is 103 Å². The topological polar surface area (TPSA) is 250 Å². The molecule has 4 aromatic rings. The largest absolute Gasteiger partial charge is 0.480 e. The summed E-state index contributed by atoms with van der Waals surface area (Å²) in [6, 6.07) is 25.4. The number of benzene rings is 4. The number of hydrogen-bond acceptors (Lipinski definition) is 10. The number of aliphatic carboxylic acids is 1. The monoisotopic (exact) mass is 987 g/mol. The minimum Gasteiger partial charge on any atom is -0.480 e. The van der Waals surface area contributed by atoms with Crippen LogP contribution in [-0.4, -0.2) is 100 Å². The van der Waals surface area contributed by atoms with Gasteiger partial charge in [-0.25, -0.2) is 9.59 Å². The number of hydrogen-bond donors (Lipinski definition) is 8. The zero-order chi connectivity index (χ0) is 50.9. The summed E-state index contributed by atoms with van der Waals surface area (Å²) in [5.41, 5.74) is 3.28. The molecule has 4 aromatic carbocycles. The Morgan fingerprint density at radius 1 is 0.690 bits per heavy atom. The number of thioether (sulfide) groups is 1. The van der Waals surface area contributed by atoms with E-state index in [9.17, 15) is 43.5 Å². The van der Waals surface area contributed by atoms with Gasteiger partial charge >= 0.3 is 12.1 Å². The van der Waals surface area contributed by atoms with Gasteiger partial charge in [0.2, 0.25) is 35.4 Å². The van der Waals surface area contributed by atoms with Crippen LogP contribution in [0, 0.1) is 0 Å². The van der Waals surface area contributed by atoms with Gasteiger partial charge in [-0.2, -0.15) is 0 Å². The Balaban J connectivity index is 1.33. The van der Waals surface area contributed by atoms with E-state index >= 15 is 0 Å². The average molecular weight is 988 g/mol. The van der Waals surface area contributed by atoms with Crippen molar-refractivity contribution in [3.63, 3.8) is 0 Å². The highest BCUT2D eigenvalue weighted by atomic mass is 32.2. The van der Waals surface area contributed by atoms with E-state index in [1.54, 1.807) is 63.2 Å². The molecular weight excluding hydrogens is 927 g/mol. The number of ether oxygens (including phenoxy) is 1. The van der Waals surface area contributed by atoms with Crippen molar-refractivity contribution >= 4 is 65.0 Å². The van der Waals surface area contributed by atoms with Crippen LogP contribution in [-0.2, 0) is 57.6 Å². The minimum atomic E-state index is -1.48. The lowest BCUT2D eigenvalue weighted by Crippen LogP contribution is -2.60. The van der Waals surface area contributed by atoms with Gasteiger partial charge in [0.15, 0.2) is 0 Å². The van der Waals surface area contributed by atoms with Gasteiger partial charge in [-0.05, 0) is 85.4 Å². The summed E-state index contributed by atoms with van der Waals surface area (Å²) in [7, 11) is 0. The normalized spacial score (nSPS) is 21.3. The Labute approximate surface area is 417 Å². The molecule has 0 saturated carbocycles. The molecule has 0 saturated heterocycles. The maximum Gasteiger partial charge on any atom is 0.407 e. The van der Waals surface area contributed by atoms with E-state index in [0.29, 0.717) is 28.8 Å². The summed E-state index contributed by atoms with van der Waals surface area (Å²) in [6.07, 6.45) is 1.19. The molecule has 3 aliphatic rings. The molecule has 17 nitrogen and oxygen atoms in total. The lowest BCUT2D eigenvalue weighted by atomic mass is 9.98. The van der Waals surface area contributed by atoms with Crippen molar-refractivity contribution < 1.29 is 48.2 Å². The molecule has 0 spiro atoms. The van der Waals surface area contributed by atoms with Crippen molar-refractivity contribution in [2.75, 3.05) is 11.9 Å². The number of fused-ring (bicyclic) bond motifs is 18. The van der Waals surface area contributed by atoms with Crippen molar-refractivity contribution in [1.82, 2.24) is 31.9 Å². The number of rotatable bonds is 13. The summed E-state index contributed by atoms with van der Waals surface area (Å²) in [4.78, 5) is 110. The number of carboxylic acids is 1. The molecule has 71 heavy (non-hydrogen) atoms. The smallest absolute Gasteiger partial charge is 0.407 e. The summed E-state index contributed by atoms with van der Waals surface area (Å²) >= 11 is 1.46. The van der Waals surface area contributed by atoms with E-state index in [1.807, 2.05) is 66.1 Å². The standard InChI is InChI=1S/C53H61N7O10S/c1-53(2,3)70-52(69)54-26-10-17-45(61)56-43-32-46(62)55-38-24-20-35(21-25-38)30-44(51(67)68)60-48(64)40(28-33-12-6-4-7-13-33)57-47(63)41(29-34-18-22-37(23-19-34)36-14-8-5-9-15-36)58-49(65)42(59-50(43)66)31-39-16-11-27-71-39/h4-9,11-15,18-25,27,39-44H,10,16-17,26,28-32H2,1-3H3,(H,54,69)(H,55,62)(H,56,61)(H,57,63)(H,58,65)(H,59,66)(H,60,64)(H,67,68)/t39?,40-,41+,42-,43+,44+/m1/s1. The first-order chi connectivity index (χ1) is 34.0. The SMILES string of the molecule is CC(C)(C)OC(=O)NCCCC(=O)N[C@H]1CC(=O)Nc2ccc(cc2)C[C@@H](C(=O)O)NC(=O)[C@@H](Cc2ccccc2)NC(=O)[C@H](Cc2ccc(-c3ccccc3)cc2)NC(=O)[C@@H](CC2CC=CS2)NC1=O.